The molecule has 222 valence electrons. The van der Waals surface area contributed by atoms with Crippen LogP contribution in [0.3, 0.4) is 0 Å². The monoisotopic (exact) mass is 536 g/mol. The number of nitrogens with zero attached hydrogens (tertiary/aromatic N) is 1. The minimum Gasteiger partial charge on any atom is -0.348 e. The van der Waals surface area contributed by atoms with Crippen molar-refractivity contribution in [3.8, 4) is 0 Å². The van der Waals surface area contributed by atoms with E-state index < -0.39 is 0 Å². The van der Waals surface area contributed by atoms with Gasteiger partial charge in [0.15, 0.2) is 0 Å². The van der Waals surface area contributed by atoms with Crippen LogP contribution >= 0.6 is 0 Å². The molecule has 1 aliphatic rings. The van der Waals surface area contributed by atoms with Crippen molar-refractivity contribution in [3.63, 3.8) is 0 Å². The normalized spacial score (nSPS) is 14.3. The summed E-state index contributed by atoms with van der Waals surface area (Å²) in [6.07, 6.45) is 14.5. The molecule has 0 aliphatic heterocycles. The molecule has 1 aliphatic carbocycles. The van der Waals surface area contributed by atoms with Gasteiger partial charge in [-0.2, -0.15) is 0 Å². The molecule has 0 amide bonds. The molecular formula is C38H65N. The van der Waals surface area contributed by atoms with Crippen molar-refractivity contribution >= 4 is 0 Å². The summed E-state index contributed by atoms with van der Waals surface area (Å²) in [6.45, 7) is 35.8. The molecule has 1 saturated carbocycles. The van der Waals surface area contributed by atoms with Crippen LogP contribution < -0.4 is 0 Å². The first-order valence-corrected chi connectivity index (χ1v) is 15.9. The highest BCUT2D eigenvalue weighted by Crippen LogP contribution is 2.31. The fourth-order valence-corrected chi connectivity index (χ4v) is 5.21. The highest BCUT2D eigenvalue weighted by Gasteiger charge is 2.18. The Hall–Kier alpha value is -2.02. The fourth-order valence-electron chi connectivity index (χ4n) is 5.21. The van der Waals surface area contributed by atoms with Crippen LogP contribution in [0.5, 0.6) is 0 Å². The predicted octanol–water partition coefficient (Wildman–Crippen LogP) is 12.4. The van der Waals surface area contributed by atoms with E-state index in [2.05, 4.69) is 125 Å². The molecule has 1 heteroatoms. The Labute approximate surface area is 245 Å². The van der Waals surface area contributed by atoms with Gasteiger partial charge in [0.2, 0.25) is 0 Å². The van der Waals surface area contributed by atoms with Gasteiger partial charge in [0.05, 0.1) is 0 Å². The van der Waals surface area contributed by atoms with Crippen LogP contribution in [0, 0.1) is 24.7 Å². The molecule has 1 aromatic rings. The van der Waals surface area contributed by atoms with E-state index in [-0.39, 0.29) is 0 Å². The number of hydrogen-bond donors (Lipinski definition) is 0. The Morgan fingerprint density at radius 1 is 0.897 bits per heavy atom. The summed E-state index contributed by atoms with van der Waals surface area (Å²) >= 11 is 0. The lowest BCUT2D eigenvalue weighted by molar-refractivity contribution is 0.294. The molecule has 0 bridgehead atoms. The van der Waals surface area contributed by atoms with Crippen molar-refractivity contribution in [2.45, 2.75) is 133 Å². The second-order valence-electron chi connectivity index (χ2n) is 12.5. The summed E-state index contributed by atoms with van der Waals surface area (Å²) in [4.78, 5) is 2.28. The van der Waals surface area contributed by atoms with E-state index in [1.54, 1.807) is 0 Å². The molecule has 2 rings (SSSR count). The van der Waals surface area contributed by atoms with Crippen molar-refractivity contribution in [2.24, 2.45) is 17.8 Å². The Bertz CT molecular complexity index is 863. The van der Waals surface area contributed by atoms with Gasteiger partial charge in [0.1, 0.15) is 0 Å². The second-order valence-corrected chi connectivity index (χ2v) is 12.5. The SMILES string of the molecule is C=C/C=C(\C(=C(/C)C(C)C)N(C=C)CCC)C(C)C.CCCC1CCC1.Cc1c(C(C)C)cccc1C(C)C. The van der Waals surface area contributed by atoms with Crippen molar-refractivity contribution in [1.82, 2.24) is 4.90 Å². The maximum Gasteiger partial charge on any atom is 0.0432 e. The highest BCUT2D eigenvalue weighted by molar-refractivity contribution is 5.39. The molecule has 39 heavy (non-hydrogen) atoms. The first-order valence-electron chi connectivity index (χ1n) is 15.9. The first kappa shape index (κ1) is 37.0. The smallest absolute Gasteiger partial charge is 0.0432 e. The van der Waals surface area contributed by atoms with Gasteiger partial charge < -0.3 is 4.90 Å². The molecule has 0 aromatic heterocycles. The maximum atomic E-state index is 3.98. The number of rotatable bonds is 12. The van der Waals surface area contributed by atoms with Gasteiger partial charge in [-0.25, -0.2) is 0 Å². The van der Waals surface area contributed by atoms with Crippen LogP contribution in [0.15, 0.2) is 66.6 Å². The van der Waals surface area contributed by atoms with Crippen molar-refractivity contribution in [3.05, 3.63) is 83.2 Å². The van der Waals surface area contributed by atoms with Crippen molar-refractivity contribution in [2.75, 3.05) is 6.54 Å². The van der Waals surface area contributed by atoms with Crippen LogP contribution in [-0.4, -0.2) is 11.4 Å². The lowest BCUT2D eigenvalue weighted by Crippen LogP contribution is -2.23. The molecule has 0 saturated heterocycles. The van der Waals surface area contributed by atoms with Crippen LogP contribution in [0.25, 0.3) is 0 Å². The topological polar surface area (TPSA) is 3.24 Å². The molecule has 1 fully saturated rings. The first-order chi connectivity index (χ1) is 18.4. The predicted molar refractivity (Wildman–Crippen MR) is 179 cm³/mol. The van der Waals surface area contributed by atoms with Gasteiger partial charge >= 0.3 is 0 Å². The van der Waals surface area contributed by atoms with Crippen LogP contribution in [0.4, 0.5) is 0 Å². The standard InChI is InChI=1S/C18H31N.C13H20.C7H14/c1-9-12-17(15(6)7)18(16(8)14(4)5)19(11-3)13-10-2;1-9(2)12-7-6-8-13(10(3)4)11(12)5;1-2-4-7-5-3-6-7/h9,11-12,14-15H,1,3,10,13H2,2,4-8H3;6-10H,1-5H3;7H,2-6H2,1H3/b17-12-,18-16-;;. The summed E-state index contributed by atoms with van der Waals surface area (Å²) < 4.78 is 0. The third-order valence-corrected chi connectivity index (χ3v) is 7.99. The molecule has 0 heterocycles. The third-order valence-electron chi connectivity index (χ3n) is 7.99. The summed E-state index contributed by atoms with van der Waals surface area (Å²) in [5.74, 6) is 3.41. The van der Waals surface area contributed by atoms with Crippen molar-refractivity contribution in [1.29, 1.82) is 0 Å². The van der Waals surface area contributed by atoms with E-state index in [9.17, 15) is 0 Å². The van der Waals surface area contributed by atoms with Gasteiger partial charge in [0.25, 0.3) is 0 Å². The molecule has 0 atom stereocenters. The molecule has 1 nitrogen and oxygen atoms in total. The van der Waals surface area contributed by atoms with Gasteiger partial charge in [-0.05, 0) is 83.9 Å². The quantitative estimate of drug-likeness (QED) is 0.240. The lowest BCUT2D eigenvalue weighted by Gasteiger charge is -2.30. The van der Waals surface area contributed by atoms with E-state index in [4.69, 9.17) is 0 Å². The third kappa shape index (κ3) is 12.8. The second kappa shape index (κ2) is 19.9. The van der Waals surface area contributed by atoms with Gasteiger partial charge in [-0.1, -0.05) is 145 Å². The van der Waals surface area contributed by atoms with E-state index in [1.807, 2.05) is 12.3 Å². The Kier molecular flexibility index (Phi) is 18.9. The molecule has 0 N–H and O–H groups in total. The Balaban J connectivity index is 0.000000615. The minimum atomic E-state index is 0.473. The minimum absolute atomic E-state index is 0.473. The van der Waals surface area contributed by atoms with Crippen LogP contribution in [-0.2, 0) is 0 Å². The zero-order valence-corrected chi connectivity index (χ0v) is 28.2. The summed E-state index contributed by atoms with van der Waals surface area (Å²) in [5, 5.41) is 0. The lowest BCUT2D eigenvalue weighted by atomic mass is 9.82. The van der Waals surface area contributed by atoms with Gasteiger partial charge in [-0.15, -0.1) is 0 Å². The van der Waals surface area contributed by atoms with E-state index >= 15 is 0 Å². The van der Waals surface area contributed by atoms with Crippen molar-refractivity contribution < 1.29 is 0 Å². The summed E-state index contributed by atoms with van der Waals surface area (Å²) in [5.41, 5.74) is 8.54. The Morgan fingerprint density at radius 2 is 1.44 bits per heavy atom. The average molecular weight is 536 g/mol. The van der Waals surface area contributed by atoms with E-state index in [0.29, 0.717) is 23.7 Å². The molecular weight excluding hydrogens is 470 g/mol. The average Bonchev–Trinajstić information content (AvgIpc) is 2.85. The number of hydrogen-bond acceptors (Lipinski definition) is 1. The zero-order chi connectivity index (χ0) is 30.1. The van der Waals surface area contributed by atoms with Crippen LogP contribution in [0.1, 0.15) is 143 Å². The number of allylic oxidation sites excluding steroid dienone is 4. The maximum absolute atomic E-state index is 3.98. The molecule has 0 unspecified atom stereocenters. The summed E-state index contributed by atoms with van der Waals surface area (Å²) in [6, 6.07) is 6.66. The molecule has 0 radical (unpaired) electrons. The largest absolute Gasteiger partial charge is 0.348 e. The Morgan fingerprint density at radius 3 is 1.72 bits per heavy atom. The molecule has 0 spiro atoms. The van der Waals surface area contributed by atoms with Gasteiger partial charge in [-0.3, -0.25) is 0 Å². The fraction of sp³-hybridized carbons (Fsp3) is 0.632. The van der Waals surface area contributed by atoms with Crippen LogP contribution in [0.2, 0.25) is 0 Å². The highest BCUT2D eigenvalue weighted by atomic mass is 15.1. The van der Waals surface area contributed by atoms with E-state index in [1.165, 1.54) is 65.6 Å². The molecule has 1 aromatic carbocycles. The zero-order valence-electron chi connectivity index (χ0n) is 28.2. The number of benzene rings is 1. The summed E-state index contributed by atoms with van der Waals surface area (Å²) in [7, 11) is 0. The van der Waals surface area contributed by atoms with E-state index in [0.717, 1.165) is 18.9 Å². The van der Waals surface area contributed by atoms with Gasteiger partial charge in [0, 0.05) is 12.2 Å².